The Morgan fingerprint density at radius 3 is 2.53 bits per heavy atom. The van der Waals surface area contributed by atoms with E-state index in [1.54, 1.807) is 29.8 Å². The van der Waals surface area contributed by atoms with E-state index in [2.05, 4.69) is 15.3 Å². The molecule has 2 heterocycles. The largest absolute Gasteiger partial charge is 0.477 e. The number of H-pyrrole nitrogens is 1. The van der Waals surface area contributed by atoms with Gasteiger partial charge in [-0.05, 0) is 48.9 Å². The summed E-state index contributed by atoms with van der Waals surface area (Å²) in [6, 6.07) is 10.7. The fourth-order valence-corrected chi connectivity index (χ4v) is 3.29. The first-order valence-electron chi connectivity index (χ1n) is 9.05. The molecule has 0 saturated carbocycles. The summed E-state index contributed by atoms with van der Waals surface area (Å²) in [4.78, 5) is 29.0. The number of nitrogens with one attached hydrogen (secondary N) is 2. The predicted octanol–water partition coefficient (Wildman–Crippen LogP) is 5.17. The lowest BCUT2D eigenvalue weighted by Gasteiger charge is -2.10. The molecule has 2 aromatic carbocycles. The normalized spacial score (nSPS) is 11.0. The molecule has 4 aromatic rings. The third-order valence-corrected chi connectivity index (χ3v) is 5.12. The van der Waals surface area contributed by atoms with E-state index in [0.717, 1.165) is 22.4 Å². The number of aromatic amines is 1. The molecule has 0 aliphatic carbocycles. The van der Waals surface area contributed by atoms with Crippen LogP contribution in [0.2, 0.25) is 0 Å². The summed E-state index contributed by atoms with van der Waals surface area (Å²) in [7, 11) is 0. The van der Waals surface area contributed by atoms with Gasteiger partial charge < -0.3 is 21.1 Å². The quantitative estimate of drug-likeness (QED) is 0.313. The van der Waals surface area contributed by atoms with Crippen molar-refractivity contribution in [2.75, 3.05) is 11.1 Å². The van der Waals surface area contributed by atoms with Gasteiger partial charge in [0.2, 0.25) is 0 Å². The molecule has 0 unspecified atom stereocenters. The highest BCUT2D eigenvalue weighted by atomic mass is 32.1. The number of rotatable bonds is 3. The number of carboxylic acids is 1. The summed E-state index contributed by atoms with van der Waals surface area (Å²) in [5.41, 5.74) is 9.08. The Kier molecular flexibility index (Phi) is 6.49. The molecule has 4 rings (SSSR count). The van der Waals surface area contributed by atoms with E-state index in [0.29, 0.717) is 17.0 Å². The molecule has 2 aromatic heterocycles. The van der Waals surface area contributed by atoms with Crippen LogP contribution in [0.3, 0.4) is 0 Å². The molecule has 5 N–H and O–H groups in total. The molecule has 32 heavy (non-hydrogen) atoms. The number of amides is 1. The Morgan fingerprint density at radius 1 is 1.16 bits per heavy atom. The van der Waals surface area contributed by atoms with Crippen molar-refractivity contribution in [1.82, 2.24) is 9.97 Å². The molecule has 11 heteroatoms. The molecule has 0 saturated heterocycles. The second-order valence-corrected chi connectivity index (χ2v) is 7.54. The van der Waals surface area contributed by atoms with Gasteiger partial charge in [-0.1, -0.05) is 12.1 Å². The number of carbonyl (C=O) groups is 2. The molecule has 166 valence electrons. The van der Waals surface area contributed by atoms with Crippen molar-refractivity contribution < 1.29 is 27.9 Å². The molecule has 0 aliphatic rings. The minimum Gasteiger partial charge on any atom is -0.477 e. The average Bonchev–Trinajstić information content (AvgIpc) is 3.33. The van der Waals surface area contributed by atoms with Crippen molar-refractivity contribution in [1.29, 1.82) is 0 Å². The first kappa shape index (κ1) is 22.8. The maximum absolute atomic E-state index is 12.6. The van der Waals surface area contributed by atoms with Crippen LogP contribution in [0.1, 0.15) is 32.0 Å². The van der Waals surface area contributed by atoms with Crippen LogP contribution in [0.4, 0.5) is 24.5 Å². The van der Waals surface area contributed by atoms with Crippen LogP contribution >= 0.6 is 11.3 Å². The van der Waals surface area contributed by atoms with Gasteiger partial charge >= 0.3 is 12.1 Å². The number of carbonyl (C=O) groups excluding carboxylic acids is 1. The molecule has 7 nitrogen and oxygen atoms in total. The highest BCUT2D eigenvalue weighted by molar-refractivity contribution is 7.16. The second kappa shape index (κ2) is 9.10. The second-order valence-electron chi connectivity index (χ2n) is 6.66. The molecule has 0 radical (unpaired) electrons. The number of aromatic carboxylic acids is 1. The minimum atomic E-state index is -4.48. The SMILES string of the molecule is Cc1ccc(NC(=O)c2cccc(C(F)(F)F)c2)cc1N.O=C(O)c1cc2scnc2[nH]1. The number of hydrogen-bond acceptors (Lipinski definition) is 5. The maximum Gasteiger partial charge on any atom is 0.416 e. The number of anilines is 2. The van der Waals surface area contributed by atoms with Gasteiger partial charge in [0.15, 0.2) is 0 Å². The fourth-order valence-electron chi connectivity index (χ4n) is 2.62. The Balaban J connectivity index is 0.000000219. The highest BCUT2D eigenvalue weighted by Gasteiger charge is 2.30. The zero-order valence-corrected chi connectivity index (χ0v) is 17.3. The van der Waals surface area contributed by atoms with Gasteiger partial charge in [-0.15, -0.1) is 11.3 Å². The number of halogens is 3. The Hall–Kier alpha value is -3.86. The van der Waals surface area contributed by atoms with E-state index >= 15 is 0 Å². The molecule has 0 atom stereocenters. The number of nitrogens with zero attached hydrogens (tertiary/aromatic N) is 1. The topological polar surface area (TPSA) is 121 Å². The van der Waals surface area contributed by atoms with Crippen LogP contribution in [0.25, 0.3) is 10.3 Å². The minimum absolute atomic E-state index is 0.0658. The molecule has 0 fully saturated rings. The summed E-state index contributed by atoms with van der Waals surface area (Å²) in [6.07, 6.45) is -4.48. The summed E-state index contributed by atoms with van der Waals surface area (Å²) >= 11 is 1.42. The van der Waals surface area contributed by atoms with E-state index in [4.69, 9.17) is 10.8 Å². The first-order chi connectivity index (χ1) is 15.0. The van der Waals surface area contributed by atoms with Crippen LogP contribution < -0.4 is 11.1 Å². The number of aromatic nitrogens is 2. The summed E-state index contributed by atoms with van der Waals surface area (Å²) in [5.74, 6) is -1.57. The standard InChI is InChI=1S/C15H13F3N2O.C6H4N2O2S/c1-9-5-6-12(8-13(9)19)20-14(21)10-3-2-4-11(7-10)15(16,17)18;9-6(10)3-1-4-5(8-3)7-2-11-4/h2-8H,19H2,1H3,(H,20,21);1-2,8H,(H,9,10). The number of hydrogen-bond donors (Lipinski definition) is 4. The molecular formula is C21H17F3N4O3S. The van der Waals surface area contributed by atoms with Gasteiger partial charge in [0.1, 0.15) is 11.3 Å². The summed E-state index contributed by atoms with van der Waals surface area (Å²) < 4.78 is 38.7. The van der Waals surface area contributed by atoms with Crippen molar-refractivity contribution in [3.63, 3.8) is 0 Å². The Bertz CT molecular complexity index is 1250. The number of nitrogen functional groups attached to an aromatic ring is 1. The van der Waals surface area contributed by atoms with E-state index < -0.39 is 23.6 Å². The summed E-state index contributed by atoms with van der Waals surface area (Å²) in [5, 5.41) is 11.1. The molecule has 1 amide bonds. The molecule has 0 bridgehead atoms. The van der Waals surface area contributed by atoms with E-state index in [-0.39, 0.29) is 11.3 Å². The number of alkyl halides is 3. The van der Waals surface area contributed by atoms with Gasteiger partial charge in [0.05, 0.1) is 15.8 Å². The lowest BCUT2D eigenvalue weighted by atomic mass is 10.1. The van der Waals surface area contributed by atoms with Crippen molar-refractivity contribution in [2.24, 2.45) is 0 Å². The number of aryl methyl sites for hydroxylation is 1. The van der Waals surface area contributed by atoms with Crippen molar-refractivity contribution >= 4 is 44.9 Å². The molecular weight excluding hydrogens is 445 g/mol. The monoisotopic (exact) mass is 462 g/mol. The van der Waals surface area contributed by atoms with Crippen LogP contribution in [0, 0.1) is 6.92 Å². The van der Waals surface area contributed by atoms with Crippen LogP contribution in [-0.2, 0) is 6.18 Å². The predicted molar refractivity (Wildman–Crippen MR) is 116 cm³/mol. The van der Waals surface area contributed by atoms with Crippen LogP contribution in [-0.4, -0.2) is 27.0 Å². The number of carboxylic acid groups (broad SMARTS) is 1. The first-order valence-corrected chi connectivity index (χ1v) is 9.93. The number of benzene rings is 2. The average molecular weight is 462 g/mol. The van der Waals surface area contributed by atoms with E-state index in [1.165, 1.54) is 23.5 Å². The molecule has 0 aliphatic heterocycles. The van der Waals surface area contributed by atoms with Crippen molar-refractivity contribution in [3.05, 3.63) is 76.4 Å². The van der Waals surface area contributed by atoms with Gasteiger partial charge in [0.25, 0.3) is 5.91 Å². The van der Waals surface area contributed by atoms with Crippen molar-refractivity contribution in [3.8, 4) is 0 Å². The van der Waals surface area contributed by atoms with E-state index in [9.17, 15) is 22.8 Å². The maximum atomic E-state index is 12.6. The third kappa shape index (κ3) is 5.43. The summed E-state index contributed by atoms with van der Waals surface area (Å²) in [6.45, 7) is 1.81. The lowest BCUT2D eigenvalue weighted by Crippen LogP contribution is -2.14. The highest BCUT2D eigenvalue weighted by Crippen LogP contribution is 2.29. The van der Waals surface area contributed by atoms with Gasteiger partial charge in [-0.2, -0.15) is 13.2 Å². The Labute approximate surface area is 183 Å². The van der Waals surface area contributed by atoms with Gasteiger partial charge in [-0.25, -0.2) is 9.78 Å². The van der Waals surface area contributed by atoms with Crippen molar-refractivity contribution in [2.45, 2.75) is 13.1 Å². The van der Waals surface area contributed by atoms with Gasteiger partial charge in [-0.3, -0.25) is 4.79 Å². The zero-order chi connectivity index (χ0) is 23.5. The van der Waals surface area contributed by atoms with Gasteiger partial charge in [0, 0.05) is 16.9 Å². The van der Waals surface area contributed by atoms with E-state index in [1.807, 2.05) is 6.92 Å². The number of thiazole rings is 1. The van der Waals surface area contributed by atoms with Crippen LogP contribution in [0.15, 0.2) is 54.0 Å². The number of fused-ring (bicyclic) bond motifs is 1. The third-order valence-electron chi connectivity index (χ3n) is 4.34. The lowest BCUT2D eigenvalue weighted by molar-refractivity contribution is -0.137. The fraction of sp³-hybridized carbons (Fsp3) is 0.0952. The zero-order valence-electron chi connectivity index (χ0n) is 16.5. The molecule has 0 spiro atoms. The smallest absolute Gasteiger partial charge is 0.416 e. The van der Waals surface area contributed by atoms with Crippen LogP contribution in [0.5, 0.6) is 0 Å². The number of nitrogens with two attached hydrogens (primary N) is 1. The Morgan fingerprint density at radius 2 is 1.91 bits per heavy atom.